The molecule has 252 valence electrons. The number of para-hydroxylation sites is 1. The number of nitrogens with zero attached hydrogens (tertiary/aromatic N) is 3. The monoisotopic (exact) mass is 687 g/mol. The first-order valence-electron chi connectivity index (χ1n) is 18.6. The van der Waals surface area contributed by atoms with Crippen molar-refractivity contribution in [3.8, 4) is 22.3 Å². The van der Waals surface area contributed by atoms with E-state index in [1.165, 1.54) is 55.6 Å². The molecule has 7 aromatic carbocycles. The highest BCUT2D eigenvalue weighted by Crippen LogP contribution is 2.50. The van der Waals surface area contributed by atoms with Crippen LogP contribution in [0.5, 0.6) is 0 Å². The zero-order valence-corrected chi connectivity index (χ0v) is 29.4. The highest BCUT2D eigenvalue weighted by Gasteiger charge is 2.32. The molecular formula is C51H33N3. The third kappa shape index (κ3) is 4.79. The van der Waals surface area contributed by atoms with E-state index >= 15 is 0 Å². The second kappa shape index (κ2) is 12.3. The SMILES string of the molecule is c1ccc(C2c3ccccc3-c3ccc(C4=Nc5ccncc5C(c5ccc6c(c5)C(c5ccccc5)c5ccccc5-6)=Nc5ccccc54)cc32)cc1. The summed E-state index contributed by atoms with van der Waals surface area (Å²) >= 11 is 0. The maximum Gasteiger partial charge on any atom is 0.0819 e. The molecule has 0 radical (unpaired) electrons. The summed E-state index contributed by atoms with van der Waals surface area (Å²) in [5.41, 5.74) is 20.5. The van der Waals surface area contributed by atoms with Crippen molar-refractivity contribution in [3.05, 3.63) is 244 Å². The van der Waals surface area contributed by atoms with Gasteiger partial charge < -0.3 is 0 Å². The molecule has 1 aliphatic heterocycles. The van der Waals surface area contributed by atoms with E-state index in [9.17, 15) is 0 Å². The zero-order valence-electron chi connectivity index (χ0n) is 29.4. The van der Waals surface area contributed by atoms with Crippen molar-refractivity contribution >= 4 is 22.8 Å². The number of aliphatic imine (C=N–C) groups is 2. The highest BCUT2D eigenvalue weighted by atomic mass is 14.8. The van der Waals surface area contributed by atoms with E-state index in [1.807, 2.05) is 18.5 Å². The number of hydrogen-bond donors (Lipinski definition) is 0. The number of benzene rings is 7. The van der Waals surface area contributed by atoms with Crippen molar-refractivity contribution in [1.82, 2.24) is 4.98 Å². The van der Waals surface area contributed by atoms with E-state index in [1.54, 1.807) is 0 Å². The Kier molecular flexibility index (Phi) is 6.99. The summed E-state index contributed by atoms with van der Waals surface area (Å²) in [6.07, 6.45) is 3.76. The fourth-order valence-electron chi connectivity index (χ4n) is 8.96. The number of pyridine rings is 1. The van der Waals surface area contributed by atoms with Crippen LogP contribution in [-0.4, -0.2) is 16.4 Å². The quantitative estimate of drug-likeness (QED) is 0.181. The van der Waals surface area contributed by atoms with Crippen molar-refractivity contribution in [2.45, 2.75) is 11.8 Å². The molecule has 2 aliphatic carbocycles. The molecule has 0 fully saturated rings. The van der Waals surface area contributed by atoms with Crippen LogP contribution < -0.4 is 0 Å². The Hall–Kier alpha value is -6.97. The second-order valence-electron chi connectivity index (χ2n) is 14.3. The minimum Gasteiger partial charge on any atom is -0.264 e. The molecule has 0 saturated carbocycles. The minimum absolute atomic E-state index is 0.141. The van der Waals surface area contributed by atoms with Gasteiger partial charge in [-0.3, -0.25) is 4.98 Å². The maximum absolute atomic E-state index is 5.52. The average molecular weight is 688 g/mol. The summed E-state index contributed by atoms with van der Waals surface area (Å²) in [6, 6.07) is 63.4. The molecular weight excluding hydrogens is 655 g/mol. The summed E-state index contributed by atoms with van der Waals surface area (Å²) in [4.78, 5) is 15.7. The van der Waals surface area contributed by atoms with Crippen LogP contribution in [0, 0.1) is 0 Å². The second-order valence-corrected chi connectivity index (χ2v) is 14.3. The van der Waals surface area contributed by atoms with E-state index in [0.29, 0.717) is 0 Å². The van der Waals surface area contributed by atoms with Crippen LogP contribution in [0.15, 0.2) is 198 Å². The molecule has 3 nitrogen and oxygen atoms in total. The van der Waals surface area contributed by atoms with Gasteiger partial charge in [0, 0.05) is 46.5 Å². The molecule has 54 heavy (non-hydrogen) atoms. The van der Waals surface area contributed by atoms with Gasteiger partial charge in [0.2, 0.25) is 0 Å². The third-order valence-corrected chi connectivity index (χ3v) is 11.3. The fourth-order valence-corrected chi connectivity index (χ4v) is 8.96. The topological polar surface area (TPSA) is 37.6 Å². The predicted molar refractivity (Wildman–Crippen MR) is 220 cm³/mol. The number of hydrogen-bond acceptors (Lipinski definition) is 3. The highest BCUT2D eigenvalue weighted by molar-refractivity contribution is 6.22. The van der Waals surface area contributed by atoms with E-state index < -0.39 is 0 Å². The Balaban J connectivity index is 1.08. The van der Waals surface area contributed by atoms with Crippen LogP contribution in [-0.2, 0) is 0 Å². The Morgan fingerprint density at radius 3 is 1.35 bits per heavy atom. The lowest BCUT2D eigenvalue weighted by molar-refractivity contribution is 1.01. The standard InChI is InChI=1S/C51H33N3/c1-3-13-32(14-4-1)48-40-19-9-7-17-36(40)38-25-23-34(29-43(38)48)50-42-21-11-12-22-46(42)53-51(45-31-52-28-27-47(45)54-50)35-24-26-39-37-18-8-10-20-41(37)49(44(39)30-35)33-15-5-2-6-16-33/h1-31,48-49H. The first-order valence-corrected chi connectivity index (χ1v) is 18.6. The molecule has 0 saturated heterocycles. The lowest BCUT2D eigenvalue weighted by atomic mass is 9.87. The zero-order chi connectivity index (χ0) is 35.6. The van der Waals surface area contributed by atoms with Crippen LogP contribution in [0.1, 0.15) is 67.5 Å². The van der Waals surface area contributed by atoms with Crippen molar-refractivity contribution in [3.63, 3.8) is 0 Å². The van der Waals surface area contributed by atoms with E-state index in [4.69, 9.17) is 9.98 Å². The van der Waals surface area contributed by atoms with E-state index in [0.717, 1.165) is 45.1 Å². The van der Waals surface area contributed by atoms with Crippen molar-refractivity contribution in [2.24, 2.45) is 9.98 Å². The third-order valence-electron chi connectivity index (χ3n) is 11.3. The molecule has 0 bridgehead atoms. The predicted octanol–water partition coefficient (Wildman–Crippen LogP) is 12.1. The van der Waals surface area contributed by atoms with Crippen LogP contribution in [0.3, 0.4) is 0 Å². The molecule has 0 amide bonds. The first kappa shape index (κ1) is 30.6. The minimum atomic E-state index is 0.141. The van der Waals surface area contributed by atoms with Crippen LogP contribution in [0.25, 0.3) is 22.3 Å². The van der Waals surface area contributed by atoms with Gasteiger partial charge in [0.05, 0.1) is 22.8 Å². The average Bonchev–Trinajstić information content (AvgIpc) is 3.74. The van der Waals surface area contributed by atoms with E-state index in [-0.39, 0.29) is 11.8 Å². The smallest absolute Gasteiger partial charge is 0.0819 e. The van der Waals surface area contributed by atoms with Crippen molar-refractivity contribution < 1.29 is 0 Å². The van der Waals surface area contributed by atoms with Gasteiger partial charge in [-0.25, -0.2) is 9.98 Å². The van der Waals surface area contributed by atoms with Gasteiger partial charge in [0.25, 0.3) is 0 Å². The molecule has 8 aromatic rings. The molecule has 2 heterocycles. The van der Waals surface area contributed by atoms with Gasteiger partial charge in [0.15, 0.2) is 0 Å². The summed E-state index contributed by atoms with van der Waals surface area (Å²) < 4.78 is 0. The van der Waals surface area contributed by atoms with Crippen LogP contribution in [0.2, 0.25) is 0 Å². The molecule has 11 rings (SSSR count). The lowest BCUT2D eigenvalue weighted by Gasteiger charge is -2.20. The Bertz CT molecular complexity index is 2640. The van der Waals surface area contributed by atoms with Crippen molar-refractivity contribution in [2.75, 3.05) is 0 Å². The number of rotatable bonds is 4. The van der Waals surface area contributed by atoms with Crippen LogP contribution in [0.4, 0.5) is 11.4 Å². The summed E-state index contributed by atoms with van der Waals surface area (Å²) in [6.45, 7) is 0. The lowest BCUT2D eigenvalue weighted by Crippen LogP contribution is -2.11. The molecule has 3 heteroatoms. The van der Waals surface area contributed by atoms with Gasteiger partial charge >= 0.3 is 0 Å². The maximum atomic E-state index is 5.52. The van der Waals surface area contributed by atoms with Crippen molar-refractivity contribution in [1.29, 1.82) is 0 Å². The Morgan fingerprint density at radius 1 is 0.333 bits per heavy atom. The summed E-state index contributed by atoms with van der Waals surface area (Å²) in [5, 5.41) is 0. The number of aromatic nitrogens is 1. The van der Waals surface area contributed by atoms with Crippen LogP contribution >= 0.6 is 0 Å². The van der Waals surface area contributed by atoms with Gasteiger partial charge in [-0.15, -0.1) is 0 Å². The molecule has 1 aromatic heterocycles. The fraction of sp³-hybridized carbons (Fsp3) is 0.0392. The molecule has 0 N–H and O–H groups in total. The largest absolute Gasteiger partial charge is 0.264 e. The van der Waals surface area contributed by atoms with Gasteiger partial charge in [-0.05, 0) is 79.9 Å². The summed E-state index contributed by atoms with van der Waals surface area (Å²) in [7, 11) is 0. The number of fused-ring (bicyclic) bond motifs is 8. The summed E-state index contributed by atoms with van der Waals surface area (Å²) in [5.74, 6) is 0.288. The molecule has 2 atom stereocenters. The molecule has 3 aliphatic rings. The van der Waals surface area contributed by atoms with Gasteiger partial charge in [0.1, 0.15) is 0 Å². The molecule has 2 unspecified atom stereocenters. The molecule has 0 spiro atoms. The normalized spacial score (nSPS) is 16.0. The Labute approximate surface area is 314 Å². The van der Waals surface area contributed by atoms with E-state index in [2.05, 4.69) is 175 Å². The van der Waals surface area contributed by atoms with Gasteiger partial charge in [-0.1, -0.05) is 152 Å². The Morgan fingerprint density at radius 2 is 0.778 bits per heavy atom. The van der Waals surface area contributed by atoms with Gasteiger partial charge in [-0.2, -0.15) is 0 Å². The first-order chi connectivity index (χ1) is 26.8.